The van der Waals surface area contributed by atoms with Gasteiger partial charge in [0.05, 0.1) is 12.1 Å². The van der Waals surface area contributed by atoms with Gasteiger partial charge in [0.25, 0.3) is 0 Å². The lowest BCUT2D eigenvalue weighted by atomic mass is 10.1. The molecule has 3 aromatic heterocycles. The molecule has 0 N–H and O–H groups in total. The number of pyridine rings is 1. The number of fused-ring (bicyclic) bond motifs is 1. The smallest absolute Gasteiger partial charge is 0.341 e. The molecular formula is C15H14N2O3. The second-order valence-electron chi connectivity index (χ2n) is 4.42. The van der Waals surface area contributed by atoms with Crippen LogP contribution in [0.2, 0.25) is 0 Å². The monoisotopic (exact) mass is 270 g/mol. The number of nitrogens with zero attached hydrogens (tertiary/aromatic N) is 2. The minimum absolute atomic E-state index is 0.348. The zero-order valence-electron chi connectivity index (χ0n) is 11.3. The highest BCUT2D eigenvalue weighted by Gasteiger charge is 2.17. The third kappa shape index (κ3) is 2.07. The first-order valence-corrected chi connectivity index (χ1v) is 6.40. The van der Waals surface area contributed by atoms with E-state index in [0.717, 1.165) is 11.1 Å². The van der Waals surface area contributed by atoms with Gasteiger partial charge in [-0.25, -0.2) is 9.31 Å². The van der Waals surface area contributed by atoms with Gasteiger partial charge >= 0.3 is 5.97 Å². The molecule has 0 atom stereocenters. The molecule has 5 heteroatoms. The average molecular weight is 270 g/mol. The molecule has 0 aliphatic carbocycles. The minimum atomic E-state index is -0.356. The van der Waals surface area contributed by atoms with Crippen LogP contribution in [0.4, 0.5) is 0 Å². The Morgan fingerprint density at radius 1 is 1.40 bits per heavy atom. The highest BCUT2D eigenvalue weighted by Crippen LogP contribution is 2.26. The molecule has 3 aromatic rings. The second kappa shape index (κ2) is 4.85. The molecule has 5 nitrogen and oxygen atoms in total. The van der Waals surface area contributed by atoms with Crippen LogP contribution in [0, 0.1) is 6.92 Å². The topological polar surface area (TPSA) is 56.7 Å². The predicted molar refractivity (Wildman–Crippen MR) is 73.6 cm³/mol. The van der Waals surface area contributed by atoms with Crippen LogP contribution in [0.1, 0.15) is 23.0 Å². The number of hydrogen-bond donors (Lipinski definition) is 0. The molecular weight excluding hydrogens is 256 g/mol. The van der Waals surface area contributed by atoms with Crippen molar-refractivity contribution in [3.63, 3.8) is 0 Å². The van der Waals surface area contributed by atoms with Crippen molar-refractivity contribution in [2.45, 2.75) is 13.8 Å². The lowest BCUT2D eigenvalue weighted by Crippen LogP contribution is -2.04. The number of esters is 1. The van der Waals surface area contributed by atoms with Crippen LogP contribution >= 0.6 is 0 Å². The fourth-order valence-electron chi connectivity index (χ4n) is 2.11. The van der Waals surface area contributed by atoms with Crippen molar-refractivity contribution in [1.29, 1.82) is 0 Å². The summed E-state index contributed by atoms with van der Waals surface area (Å²) in [4.78, 5) is 11.8. The van der Waals surface area contributed by atoms with E-state index in [4.69, 9.17) is 9.15 Å². The van der Waals surface area contributed by atoms with Crippen LogP contribution in [-0.4, -0.2) is 22.2 Å². The van der Waals surface area contributed by atoms with Crippen LogP contribution in [0.15, 0.2) is 41.1 Å². The quantitative estimate of drug-likeness (QED) is 0.686. The summed E-state index contributed by atoms with van der Waals surface area (Å²) in [5, 5.41) is 4.14. The molecule has 0 saturated carbocycles. The van der Waals surface area contributed by atoms with E-state index < -0.39 is 0 Å². The summed E-state index contributed by atoms with van der Waals surface area (Å²) in [6, 6.07) is 7.48. The summed E-state index contributed by atoms with van der Waals surface area (Å²) in [5.74, 6) is 0.853. The fraction of sp³-hybridized carbons (Fsp3) is 0.200. The first-order valence-electron chi connectivity index (χ1n) is 6.40. The van der Waals surface area contributed by atoms with Crippen LogP contribution in [-0.2, 0) is 4.74 Å². The normalized spacial score (nSPS) is 10.9. The van der Waals surface area contributed by atoms with Crippen LogP contribution < -0.4 is 0 Å². The largest absolute Gasteiger partial charge is 0.462 e. The number of carbonyl (C=O) groups excluding carboxylic acids is 1. The highest BCUT2D eigenvalue weighted by atomic mass is 16.5. The van der Waals surface area contributed by atoms with E-state index >= 15 is 0 Å². The van der Waals surface area contributed by atoms with Gasteiger partial charge in [-0.1, -0.05) is 0 Å². The number of furan rings is 1. The maximum Gasteiger partial charge on any atom is 0.341 e. The van der Waals surface area contributed by atoms with Gasteiger partial charge in [0.2, 0.25) is 0 Å². The molecule has 20 heavy (non-hydrogen) atoms. The summed E-state index contributed by atoms with van der Waals surface area (Å²) in [6.07, 6.45) is 3.59. The standard InChI is InChI=1S/C15H14N2O3/c1-3-19-15(18)13-9-14(20-10(13)2)11-5-7-17-12(8-11)4-6-16-17/h4-9H,3H2,1-2H3. The van der Waals surface area contributed by atoms with Gasteiger partial charge in [0.1, 0.15) is 17.1 Å². The maximum absolute atomic E-state index is 11.8. The molecule has 0 spiro atoms. The minimum Gasteiger partial charge on any atom is -0.462 e. The Balaban J connectivity index is 2.01. The van der Waals surface area contributed by atoms with Crippen LogP contribution in [0.25, 0.3) is 16.8 Å². The Kier molecular flexibility index (Phi) is 3.02. The van der Waals surface area contributed by atoms with E-state index in [-0.39, 0.29) is 5.97 Å². The molecule has 0 aromatic carbocycles. The Bertz CT molecular complexity index is 770. The Labute approximate surface area is 115 Å². The van der Waals surface area contributed by atoms with Gasteiger partial charge in [-0.15, -0.1) is 0 Å². The summed E-state index contributed by atoms with van der Waals surface area (Å²) < 4.78 is 12.4. The van der Waals surface area contributed by atoms with E-state index in [2.05, 4.69) is 5.10 Å². The van der Waals surface area contributed by atoms with Gasteiger partial charge in [-0.3, -0.25) is 0 Å². The van der Waals surface area contributed by atoms with Crippen LogP contribution in [0.5, 0.6) is 0 Å². The molecule has 102 valence electrons. The van der Waals surface area contributed by atoms with Gasteiger partial charge in [0.15, 0.2) is 0 Å². The third-order valence-corrected chi connectivity index (χ3v) is 3.10. The van der Waals surface area contributed by atoms with E-state index in [1.54, 1.807) is 30.6 Å². The molecule has 0 fully saturated rings. The number of ether oxygens (including phenoxy) is 1. The fourth-order valence-corrected chi connectivity index (χ4v) is 2.11. The van der Waals surface area contributed by atoms with Crippen molar-refractivity contribution in [3.05, 3.63) is 48.0 Å². The number of hydrogen-bond acceptors (Lipinski definition) is 4. The summed E-state index contributed by atoms with van der Waals surface area (Å²) in [5.41, 5.74) is 2.33. The van der Waals surface area contributed by atoms with E-state index in [0.29, 0.717) is 23.7 Å². The SMILES string of the molecule is CCOC(=O)c1cc(-c2ccn3nccc3c2)oc1C. The van der Waals surface area contributed by atoms with Crippen molar-refractivity contribution in [2.75, 3.05) is 6.61 Å². The highest BCUT2D eigenvalue weighted by molar-refractivity contribution is 5.92. The van der Waals surface area contributed by atoms with Gasteiger partial charge in [-0.05, 0) is 38.1 Å². The van der Waals surface area contributed by atoms with Crippen molar-refractivity contribution in [3.8, 4) is 11.3 Å². The van der Waals surface area contributed by atoms with E-state index in [9.17, 15) is 4.79 Å². The lowest BCUT2D eigenvalue weighted by Gasteiger charge is -1.98. The molecule has 0 amide bonds. The predicted octanol–water partition coefficient (Wildman–Crippen LogP) is 3.08. The number of carbonyl (C=O) groups is 1. The number of aromatic nitrogens is 2. The van der Waals surface area contributed by atoms with Gasteiger partial charge in [-0.2, -0.15) is 5.10 Å². The number of aryl methyl sites for hydroxylation is 1. The van der Waals surface area contributed by atoms with Crippen molar-refractivity contribution >= 4 is 11.5 Å². The van der Waals surface area contributed by atoms with Crippen LogP contribution in [0.3, 0.4) is 0 Å². The average Bonchev–Trinajstić information content (AvgIpc) is 3.04. The molecule has 3 rings (SSSR count). The van der Waals surface area contributed by atoms with Crippen molar-refractivity contribution in [2.24, 2.45) is 0 Å². The lowest BCUT2D eigenvalue weighted by molar-refractivity contribution is 0.0524. The first kappa shape index (κ1) is 12.5. The number of rotatable bonds is 3. The molecule has 0 bridgehead atoms. The van der Waals surface area contributed by atoms with Gasteiger partial charge in [0, 0.05) is 18.0 Å². The zero-order chi connectivity index (χ0) is 14.1. The third-order valence-electron chi connectivity index (χ3n) is 3.10. The Hall–Kier alpha value is -2.56. The van der Waals surface area contributed by atoms with E-state index in [1.807, 2.05) is 24.4 Å². The molecule has 0 radical (unpaired) electrons. The van der Waals surface area contributed by atoms with Crippen molar-refractivity contribution in [1.82, 2.24) is 9.61 Å². The Morgan fingerprint density at radius 2 is 2.25 bits per heavy atom. The maximum atomic E-state index is 11.8. The molecule has 0 aliphatic heterocycles. The summed E-state index contributed by atoms with van der Waals surface area (Å²) in [6.45, 7) is 3.88. The second-order valence-corrected chi connectivity index (χ2v) is 4.42. The molecule has 0 saturated heterocycles. The molecule has 0 aliphatic rings. The first-order chi connectivity index (χ1) is 9.69. The molecule has 0 unspecified atom stereocenters. The summed E-state index contributed by atoms with van der Waals surface area (Å²) >= 11 is 0. The van der Waals surface area contributed by atoms with Gasteiger partial charge < -0.3 is 9.15 Å². The Morgan fingerprint density at radius 3 is 3.05 bits per heavy atom. The zero-order valence-corrected chi connectivity index (χ0v) is 11.3. The van der Waals surface area contributed by atoms with Crippen molar-refractivity contribution < 1.29 is 13.9 Å². The summed E-state index contributed by atoms with van der Waals surface area (Å²) in [7, 11) is 0. The van der Waals surface area contributed by atoms with E-state index in [1.165, 1.54) is 0 Å². The molecule has 3 heterocycles.